The number of nitrogens with one attached hydrogen (secondary N) is 1. The van der Waals surface area contributed by atoms with E-state index in [1.807, 2.05) is 36.4 Å². The number of anilines is 1. The summed E-state index contributed by atoms with van der Waals surface area (Å²) in [5.74, 6) is -0.185. The Morgan fingerprint density at radius 1 is 1.32 bits per heavy atom. The van der Waals surface area contributed by atoms with E-state index in [4.69, 9.17) is 10.5 Å². The van der Waals surface area contributed by atoms with Crippen LogP contribution in [-0.4, -0.2) is 33.2 Å². The fraction of sp³-hybridized carbons (Fsp3) is 0.300. The lowest BCUT2D eigenvalue weighted by Crippen LogP contribution is -2.40. The minimum atomic E-state index is -1.09. The molecule has 2 unspecified atom stereocenters. The summed E-state index contributed by atoms with van der Waals surface area (Å²) in [5, 5.41) is 6.74. The average Bonchev–Trinajstić information content (AvgIpc) is 3.28. The number of allylic oxidation sites excluding steroid dienone is 1. The third-order valence-corrected chi connectivity index (χ3v) is 5.27. The van der Waals surface area contributed by atoms with E-state index in [0.717, 1.165) is 11.1 Å². The molecular weight excluding hydrogens is 358 g/mol. The van der Waals surface area contributed by atoms with Gasteiger partial charge in [-0.3, -0.25) is 19.6 Å². The SMILES string of the molecule is Cn1cnc(NC(=O)C2=CC3=C(OCC3c3ccccc3)C(C)(C(N)=O)C2)n1. The van der Waals surface area contributed by atoms with Gasteiger partial charge in [0, 0.05) is 24.1 Å². The summed E-state index contributed by atoms with van der Waals surface area (Å²) < 4.78 is 7.42. The van der Waals surface area contributed by atoms with E-state index in [0.29, 0.717) is 17.9 Å². The number of amides is 2. The Kier molecular flexibility index (Phi) is 4.26. The van der Waals surface area contributed by atoms with Crippen molar-refractivity contribution in [3.63, 3.8) is 0 Å². The number of hydrogen-bond acceptors (Lipinski definition) is 5. The average molecular weight is 379 g/mol. The van der Waals surface area contributed by atoms with Crippen molar-refractivity contribution in [1.29, 1.82) is 0 Å². The van der Waals surface area contributed by atoms with Crippen molar-refractivity contribution in [3.8, 4) is 0 Å². The number of benzene rings is 1. The molecule has 0 bridgehead atoms. The van der Waals surface area contributed by atoms with Gasteiger partial charge in [0.15, 0.2) is 0 Å². The first-order valence-corrected chi connectivity index (χ1v) is 8.98. The Morgan fingerprint density at radius 2 is 2.07 bits per heavy atom. The highest BCUT2D eigenvalue weighted by atomic mass is 16.5. The van der Waals surface area contributed by atoms with Gasteiger partial charge in [-0.25, -0.2) is 4.98 Å². The molecule has 2 heterocycles. The quantitative estimate of drug-likeness (QED) is 0.839. The molecule has 4 rings (SSSR count). The van der Waals surface area contributed by atoms with Crippen LogP contribution in [0.15, 0.2) is 59.6 Å². The number of hydrogen-bond donors (Lipinski definition) is 2. The lowest BCUT2D eigenvalue weighted by atomic mass is 9.73. The van der Waals surface area contributed by atoms with Gasteiger partial charge >= 0.3 is 0 Å². The highest BCUT2D eigenvalue weighted by Crippen LogP contribution is 2.49. The first-order chi connectivity index (χ1) is 13.4. The van der Waals surface area contributed by atoms with Crippen LogP contribution in [-0.2, 0) is 21.4 Å². The number of primary amides is 1. The number of ether oxygens (including phenoxy) is 1. The second kappa shape index (κ2) is 6.63. The lowest BCUT2D eigenvalue weighted by molar-refractivity contribution is -0.126. The molecule has 144 valence electrons. The number of nitrogens with zero attached hydrogens (tertiary/aromatic N) is 3. The van der Waals surface area contributed by atoms with Crippen molar-refractivity contribution in [2.24, 2.45) is 18.2 Å². The lowest BCUT2D eigenvalue weighted by Gasteiger charge is -2.31. The standard InChI is InChI=1S/C20H21N5O3/c1-20(18(21)27)9-13(17(26)23-19-22-11-25(2)24-19)8-14-15(10-28-16(14)20)12-6-4-3-5-7-12/h3-8,11,15H,9-10H2,1-2H3,(H2,21,27)(H,23,24,26). The highest BCUT2D eigenvalue weighted by Gasteiger charge is 2.47. The number of nitrogens with two attached hydrogens (primary N) is 1. The van der Waals surface area contributed by atoms with Gasteiger partial charge in [0.05, 0.1) is 6.61 Å². The summed E-state index contributed by atoms with van der Waals surface area (Å²) >= 11 is 0. The Balaban J connectivity index is 1.72. The van der Waals surface area contributed by atoms with Crippen molar-refractivity contribution >= 4 is 17.8 Å². The molecule has 1 aromatic carbocycles. The molecule has 0 radical (unpaired) electrons. The molecule has 1 aliphatic heterocycles. The predicted octanol–water partition coefficient (Wildman–Crippen LogP) is 1.64. The van der Waals surface area contributed by atoms with Gasteiger partial charge in [0.25, 0.3) is 5.91 Å². The number of aryl methyl sites for hydroxylation is 1. The zero-order valence-corrected chi connectivity index (χ0v) is 15.7. The van der Waals surface area contributed by atoms with Crippen LogP contribution in [0.25, 0.3) is 0 Å². The molecule has 0 saturated heterocycles. The number of rotatable bonds is 4. The van der Waals surface area contributed by atoms with Crippen LogP contribution in [0.3, 0.4) is 0 Å². The molecule has 0 spiro atoms. The molecule has 1 aromatic heterocycles. The van der Waals surface area contributed by atoms with E-state index in [-0.39, 0.29) is 24.2 Å². The van der Waals surface area contributed by atoms with E-state index in [9.17, 15) is 9.59 Å². The Hall–Kier alpha value is -3.42. The maximum absolute atomic E-state index is 12.8. The van der Waals surface area contributed by atoms with E-state index in [1.165, 1.54) is 11.0 Å². The van der Waals surface area contributed by atoms with Crippen LogP contribution < -0.4 is 11.1 Å². The van der Waals surface area contributed by atoms with Crippen molar-refractivity contribution in [2.45, 2.75) is 19.3 Å². The topological polar surface area (TPSA) is 112 Å². The van der Waals surface area contributed by atoms with E-state index in [2.05, 4.69) is 15.4 Å². The molecule has 3 N–H and O–H groups in total. The first-order valence-electron chi connectivity index (χ1n) is 8.98. The van der Waals surface area contributed by atoms with Crippen molar-refractivity contribution < 1.29 is 14.3 Å². The van der Waals surface area contributed by atoms with Crippen molar-refractivity contribution in [2.75, 3.05) is 11.9 Å². The van der Waals surface area contributed by atoms with Gasteiger partial charge < -0.3 is 10.5 Å². The zero-order valence-electron chi connectivity index (χ0n) is 15.7. The van der Waals surface area contributed by atoms with Gasteiger partial charge in [0.1, 0.15) is 17.5 Å². The van der Waals surface area contributed by atoms with Crippen LogP contribution in [0.2, 0.25) is 0 Å². The summed E-state index contributed by atoms with van der Waals surface area (Å²) in [6.45, 7) is 2.13. The second-order valence-corrected chi connectivity index (χ2v) is 7.30. The summed E-state index contributed by atoms with van der Waals surface area (Å²) in [7, 11) is 1.71. The maximum atomic E-state index is 12.8. The zero-order chi connectivity index (χ0) is 19.9. The summed E-state index contributed by atoms with van der Waals surface area (Å²) in [6, 6.07) is 9.86. The van der Waals surface area contributed by atoms with E-state index < -0.39 is 11.3 Å². The molecule has 2 aromatic rings. The third-order valence-electron chi connectivity index (χ3n) is 5.27. The molecule has 2 atom stereocenters. The number of carbonyl (C=O) groups excluding carboxylic acids is 2. The Bertz CT molecular complexity index is 1010. The van der Waals surface area contributed by atoms with Gasteiger partial charge in [-0.2, -0.15) is 0 Å². The summed E-state index contributed by atoms with van der Waals surface area (Å²) in [5.41, 5.74) is 6.95. The van der Waals surface area contributed by atoms with Crippen LogP contribution in [0.5, 0.6) is 0 Å². The van der Waals surface area contributed by atoms with Gasteiger partial charge in [-0.15, -0.1) is 5.10 Å². The fourth-order valence-corrected chi connectivity index (χ4v) is 3.73. The highest BCUT2D eigenvalue weighted by molar-refractivity contribution is 6.04. The minimum Gasteiger partial charge on any atom is -0.495 e. The van der Waals surface area contributed by atoms with Crippen molar-refractivity contribution in [1.82, 2.24) is 14.8 Å². The minimum absolute atomic E-state index is 0.0639. The maximum Gasteiger partial charge on any atom is 0.254 e. The summed E-state index contributed by atoms with van der Waals surface area (Å²) in [4.78, 5) is 29.2. The van der Waals surface area contributed by atoms with Crippen LogP contribution in [0.4, 0.5) is 5.95 Å². The largest absolute Gasteiger partial charge is 0.495 e. The van der Waals surface area contributed by atoms with Crippen LogP contribution in [0.1, 0.15) is 24.8 Å². The van der Waals surface area contributed by atoms with Crippen molar-refractivity contribution in [3.05, 3.63) is 65.2 Å². The molecule has 0 fully saturated rings. The predicted molar refractivity (Wildman–Crippen MR) is 102 cm³/mol. The van der Waals surface area contributed by atoms with Crippen LogP contribution in [0, 0.1) is 5.41 Å². The first kappa shape index (κ1) is 18.0. The smallest absolute Gasteiger partial charge is 0.254 e. The molecule has 2 aliphatic rings. The molecule has 8 nitrogen and oxygen atoms in total. The van der Waals surface area contributed by atoms with Crippen LogP contribution >= 0.6 is 0 Å². The Labute approximate surface area is 162 Å². The molecule has 0 saturated carbocycles. The number of carbonyl (C=O) groups is 2. The summed E-state index contributed by atoms with van der Waals surface area (Å²) in [6.07, 6.45) is 3.46. The fourth-order valence-electron chi connectivity index (χ4n) is 3.73. The van der Waals surface area contributed by atoms with E-state index >= 15 is 0 Å². The van der Waals surface area contributed by atoms with Gasteiger partial charge in [0.2, 0.25) is 11.9 Å². The second-order valence-electron chi connectivity index (χ2n) is 7.30. The molecule has 28 heavy (non-hydrogen) atoms. The van der Waals surface area contributed by atoms with E-state index in [1.54, 1.807) is 14.0 Å². The normalized spacial score (nSPS) is 23.6. The number of aromatic nitrogens is 3. The Morgan fingerprint density at radius 3 is 2.71 bits per heavy atom. The van der Waals surface area contributed by atoms with Gasteiger partial charge in [-0.05, 0) is 25.0 Å². The monoisotopic (exact) mass is 379 g/mol. The van der Waals surface area contributed by atoms with Gasteiger partial charge in [-0.1, -0.05) is 30.3 Å². The molecule has 8 heteroatoms. The molecular formula is C20H21N5O3. The molecule has 2 amide bonds. The molecule has 1 aliphatic carbocycles. The third kappa shape index (κ3) is 2.96.